The third kappa shape index (κ3) is 3.57. The summed E-state index contributed by atoms with van der Waals surface area (Å²) in [5, 5.41) is 0.430. The van der Waals surface area contributed by atoms with Crippen molar-refractivity contribution in [2.24, 2.45) is 0 Å². The maximum Gasteiger partial charge on any atom is 0.343 e. The van der Waals surface area contributed by atoms with Crippen LogP contribution >= 0.6 is 11.8 Å². The average molecular weight is 377 g/mol. The Balaban J connectivity index is 1.58. The average Bonchev–Trinajstić information content (AvgIpc) is 2.94. The summed E-state index contributed by atoms with van der Waals surface area (Å²) in [6.07, 6.45) is 2.02. The number of carbonyl (C=O) groups is 2. The van der Waals surface area contributed by atoms with Gasteiger partial charge in [-0.25, -0.2) is 4.79 Å². The van der Waals surface area contributed by atoms with Crippen molar-refractivity contribution in [1.82, 2.24) is 4.90 Å². The van der Waals surface area contributed by atoms with Crippen LogP contribution in [0.3, 0.4) is 0 Å². The highest BCUT2D eigenvalue weighted by Gasteiger charge is 2.34. The summed E-state index contributed by atoms with van der Waals surface area (Å²) in [4.78, 5) is 38.4. The van der Waals surface area contributed by atoms with Crippen LogP contribution in [-0.4, -0.2) is 22.6 Å². The fraction of sp³-hybridized carbons (Fsp3) is 0.0952. The van der Waals surface area contributed by atoms with Crippen LogP contribution in [0.25, 0.3) is 17.0 Å². The van der Waals surface area contributed by atoms with Crippen molar-refractivity contribution in [2.45, 2.75) is 6.42 Å². The van der Waals surface area contributed by atoms with Crippen LogP contribution in [0, 0.1) is 0 Å². The molecule has 0 atom stereocenters. The van der Waals surface area contributed by atoms with Crippen molar-refractivity contribution < 1.29 is 14.0 Å². The summed E-state index contributed by atoms with van der Waals surface area (Å²) in [5.74, 6) is -0.381. The zero-order valence-electron chi connectivity index (χ0n) is 14.3. The summed E-state index contributed by atoms with van der Waals surface area (Å²) < 4.78 is 5.28. The van der Waals surface area contributed by atoms with E-state index in [1.165, 1.54) is 11.0 Å². The van der Waals surface area contributed by atoms with E-state index < -0.39 is 5.63 Å². The van der Waals surface area contributed by atoms with Crippen LogP contribution in [0.15, 0.2) is 74.8 Å². The molecule has 2 amide bonds. The number of rotatable bonds is 4. The van der Waals surface area contributed by atoms with E-state index in [2.05, 4.69) is 0 Å². The Kier molecular flexibility index (Phi) is 4.64. The predicted molar refractivity (Wildman–Crippen MR) is 105 cm³/mol. The number of para-hydroxylation sites is 1. The van der Waals surface area contributed by atoms with Gasteiger partial charge in [0.2, 0.25) is 0 Å². The number of imide groups is 1. The lowest BCUT2D eigenvalue weighted by Crippen LogP contribution is -2.30. The molecule has 0 aliphatic carbocycles. The minimum Gasteiger partial charge on any atom is -0.422 e. The smallest absolute Gasteiger partial charge is 0.343 e. The molecule has 0 N–H and O–H groups in total. The Morgan fingerprint density at radius 1 is 0.963 bits per heavy atom. The van der Waals surface area contributed by atoms with E-state index in [-0.39, 0.29) is 21.6 Å². The van der Waals surface area contributed by atoms with E-state index in [0.29, 0.717) is 18.5 Å². The SMILES string of the molecule is O=C1SC(=Cc2cc3ccccc3oc2=O)C(=O)N1CCc1ccccc1. The summed E-state index contributed by atoms with van der Waals surface area (Å²) >= 11 is 0.844. The van der Waals surface area contributed by atoms with Gasteiger partial charge in [0.1, 0.15) is 5.58 Å². The Morgan fingerprint density at radius 2 is 1.70 bits per heavy atom. The summed E-state index contributed by atoms with van der Waals surface area (Å²) in [7, 11) is 0. The van der Waals surface area contributed by atoms with Crippen LogP contribution in [0.5, 0.6) is 0 Å². The molecule has 1 saturated heterocycles. The second-order valence-electron chi connectivity index (χ2n) is 6.10. The van der Waals surface area contributed by atoms with Crippen LogP contribution in [0.2, 0.25) is 0 Å². The molecular formula is C21H15NO4S. The van der Waals surface area contributed by atoms with Crippen LogP contribution in [0.1, 0.15) is 11.1 Å². The van der Waals surface area contributed by atoms with Crippen molar-refractivity contribution in [1.29, 1.82) is 0 Å². The van der Waals surface area contributed by atoms with Gasteiger partial charge in [0.15, 0.2) is 0 Å². The Morgan fingerprint density at radius 3 is 2.52 bits per heavy atom. The molecule has 134 valence electrons. The molecular weight excluding hydrogens is 362 g/mol. The van der Waals surface area contributed by atoms with Crippen molar-refractivity contribution in [3.05, 3.63) is 87.1 Å². The van der Waals surface area contributed by atoms with E-state index in [9.17, 15) is 14.4 Å². The van der Waals surface area contributed by atoms with Crippen LogP contribution in [0.4, 0.5) is 4.79 Å². The highest BCUT2D eigenvalue weighted by molar-refractivity contribution is 8.18. The van der Waals surface area contributed by atoms with Gasteiger partial charge in [-0.05, 0) is 42.0 Å². The predicted octanol–water partition coefficient (Wildman–Crippen LogP) is 4.07. The molecule has 0 radical (unpaired) electrons. The second kappa shape index (κ2) is 7.25. The minimum absolute atomic E-state index is 0.232. The van der Waals surface area contributed by atoms with Gasteiger partial charge in [-0.1, -0.05) is 48.5 Å². The Hall–Kier alpha value is -3.12. The highest BCUT2D eigenvalue weighted by Crippen LogP contribution is 2.32. The summed E-state index contributed by atoms with van der Waals surface area (Å²) in [6.45, 7) is 0.304. The van der Waals surface area contributed by atoms with Crippen molar-refractivity contribution in [3.63, 3.8) is 0 Å². The molecule has 0 unspecified atom stereocenters. The number of hydrogen-bond donors (Lipinski definition) is 0. The first kappa shape index (κ1) is 17.3. The quantitative estimate of drug-likeness (QED) is 0.506. The van der Waals surface area contributed by atoms with Crippen molar-refractivity contribution >= 4 is 40.0 Å². The fourth-order valence-corrected chi connectivity index (χ4v) is 3.75. The van der Waals surface area contributed by atoms with Gasteiger partial charge in [-0.15, -0.1) is 0 Å². The first-order valence-corrected chi connectivity index (χ1v) is 9.26. The lowest BCUT2D eigenvalue weighted by atomic mass is 10.1. The molecule has 3 aromatic rings. The molecule has 1 aliphatic rings. The lowest BCUT2D eigenvalue weighted by molar-refractivity contribution is -0.122. The minimum atomic E-state index is -0.537. The zero-order chi connectivity index (χ0) is 18.8. The molecule has 1 aliphatic heterocycles. The first-order valence-electron chi connectivity index (χ1n) is 8.44. The molecule has 0 bridgehead atoms. The number of thioether (sulfide) groups is 1. The third-order valence-electron chi connectivity index (χ3n) is 4.30. The Labute approximate surface area is 159 Å². The second-order valence-corrected chi connectivity index (χ2v) is 7.09. The van der Waals surface area contributed by atoms with E-state index in [0.717, 1.165) is 22.7 Å². The maximum absolute atomic E-state index is 12.6. The molecule has 6 heteroatoms. The molecule has 2 aromatic carbocycles. The first-order chi connectivity index (χ1) is 13.1. The standard InChI is InChI=1S/C21H15NO4S/c23-19-18(13-16-12-15-8-4-5-9-17(15)26-20(16)24)27-21(25)22(19)11-10-14-6-2-1-3-7-14/h1-9,12-13H,10-11H2. The molecule has 2 heterocycles. The van der Waals surface area contributed by atoms with Gasteiger partial charge >= 0.3 is 5.63 Å². The van der Waals surface area contributed by atoms with E-state index in [1.807, 2.05) is 42.5 Å². The van der Waals surface area contributed by atoms with Gasteiger partial charge in [-0.3, -0.25) is 14.5 Å². The van der Waals surface area contributed by atoms with Gasteiger partial charge in [0.05, 0.1) is 10.5 Å². The topological polar surface area (TPSA) is 67.6 Å². The van der Waals surface area contributed by atoms with E-state index >= 15 is 0 Å². The van der Waals surface area contributed by atoms with Gasteiger partial charge < -0.3 is 4.42 Å². The zero-order valence-corrected chi connectivity index (χ0v) is 15.1. The van der Waals surface area contributed by atoms with Gasteiger partial charge in [-0.2, -0.15) is 0 Å². The highest BCUT2D eigenvalue weighted by atomic mass is 32.2. The number of fused-ring (bicyclic) bond motifs is 1. The number of nitrogens with zero attached hydrogens (tertiary/aromatic N) is 1. The molecule has 0 saturated carbocycles. The number of hydrogen-bond acceptors (Lipinski definition) is 5. The third-order valence-corrected chi connectivity index (χ3v) is 5.20. The molecule has 1 aromatic heterocycles. The number of amides is 2. The van der Waals surface area contributed by atoms with Crippen LogP contribution in [-0.2, 0) is 11.2 Å². The largest absolute Gasteiger partial charge is 0.422 e. The van der Waals surface area contributed by atoms with Crippen molar-refractivity contribution in [2.75, 3.05) is 6.54 Å². The summed E-state index contributed by atoms with van der Waals surface area (Å²) in [5.41, 5.74) is 1.25. The molecule has 0 spiro atoms. The molecule has 1 fully saturated rings. The van der Waals surface area contributed by atoms with Crippen LogP contribution < -0.4 is 5.63 Å². The fourth-order valence-electron chi connectivity index (χ4n) is 2.90. The summed E-state index contributed by atoms with van der Waals surface area (Å²) in [6, 6.07) is 18.5. The Bertz CT molecular complexity index is 1120. The van der Waals surface area contributed by atoms with E-state index in [1.54, 1.807) is 18.2 Å². The molecule has 4 rings (SSSR count). The number of carbonyl (C=O) groups excluding carboxylic acids is 2. The number of benzene rings is 2. The monoisotopic (exact) mass is 377 g/mol. The van der Waals surface area contributed by atoms with Crippen molar-refractivity contribution in [3.8, 4) is 0 Å². The maximum atomic E-state index is 12.6. The normalized spacial score (nSPS) is 15.9. The molecule has 5 nitrogen and oxygen atoms in total. The van der Waals surface area contributed by atoms with Gasteiger partial charge in [0, 0.05) is 11.9 Å². The molecule has 27 heavy (non-hydrogen) atoms. The lowest BCUT2D eigenvalue weighted by Gasteiger charge is -2.12. The van der Waals surface area contributed by atoms with E-state index in [4.69, 9.17) is 4.42 Å². The van der Waals surface area contributed by atoms with Gasteiger partial charge in [0.25, 0.3) is 11.1 Å².